The largest absolute Gasteiger partial charge is 0.496 e. The van der Waals surface area contributed by atoms with Gasteiger partial charge in [0, 0.05) is 12.0 Å². The third-order valence-electron chi connectivity index (χ3n) is 3.00. The Labute approximate surface area is 96.3 Å². The molecule has 0 amide bonds. The van der Waals surface area contributed by atoms with E-state index in [4.69, 9.17) is 14.2 Å². The molecule has 0 aliphatic carbocycles. The van der Waals surface area contributed by atoms with Gasteiger partial charge < -0.3 is 14.2 Å². The molecule has 88 valence electrons. The fourth-order valence-corrected chi connectivity index (χ4v) is 1.88. The van der Waals surface area contributed by atoms with Crippen molar-refractivity contribution >= 4 is 0 Å². The van der Waals surface area contributed by atoms with Gasteiger partial charge in [-0.15, -0.1) is 0 Å². The summed E-state index contributed by atoms with van der Waals surface area (Å²) in [6, 6.07) is 4.06. The van der Waals surface area contributed by atoms with Gasteiger partial charge in [-0.25, -0.2) is 0 Å². The van der Waals surface area contributed by atoms with E-state index in [1.54, 1.807) is 14.2 Å². The predicted molar refractivity (Wildman–Crippen MR) is 62.3 cm³/mol. The summed E-state index contributed by atoms with van der Waals surface area (Å²) in [5.74, 6) is 1.81. The topological polar surface area (TPSA) is 31.0 Å². The van der Waals surface area contributed by atoms with Gasteiger partial charge in [0.1, 0.15) is 11.5 Å². The predicted octanol–water partition coefficient (Wildman–Crippen LogP) is 2.34. The Bertz CT molecular complexity index is 394. The van der Waals surface area contributed by atoms with Crippen LogP contribution in [0.15, 0.2) is 12.1 Å². The number of ether oxygens (including phenoxy) is 3. The summed E-state index contributed by atoms with van der Waals surface area (Å²) in [4.78, 5) is 0. The third-order valence-corrected chi connectivity index (χ3v) is 3.00. The molecule has 1 aromatic carbocycles. The summed E-state index contributed by atoms with van der Waals surface area (Å²) in [5.41, 5.74) is 2.23. The molecular weight excluding hydrogens is 204 g/mol. The van der Waals surface area contributed by atoms with E-state index in [9.17, 15) is 0 Å². The van der Waals surface area contributed by atoms with Crippen LogP contribution in [0.3, 0.4) is 0 Å². The van der Waals surface area contributed by atoms with Crippen LogP contribution in [0.5, 0.6) is 11.5 Å². The van der Waals surface area contributed by atoms with E-state index in [0.717, 1.165) is 35.7 Å². The van der Waals surface area contributed by atoms with Crippen molar-refractivity contribution in [1.29, 1.82) is 0 Å². The molecule has 0 saturated carbocycles. The summed E-state index contributed by atoms with van der Waals surface area (Å²) in [6.45, 7) is 4.95. The normalized spacial score (nSPS) is 23.0. The van der Waals surface area contributed by atoms with Crippen LogP contribution >= 0.6 is 0 Å². The SMILES string of the molecule is COc1cc(CC2(C)CO2)c(OC)cc1C. The highest BCUT2D eigenvalue weighted by Gasteiger charge is 2.40. The Hall–Kier alpha value is -1.22. The minimum atomic E-state index is -0.00640. The van der Waals surface area contributed by atoms with Crippen molar-refractivity contribution in [3.8, 4) is 11.5 Å². The molecule has 0 N–H and O–H groups in total. The van der Waals surface area contributed by atoms with Crippen LogP contribution in [0.4, 0.5) is 0 Å². The molecule has 0 spiro atoms. The van der Waals surface area contributed by atoms with Crippen molar-refractivity contribution in [2.24, 2.45) is 0 Å². The van der Waals surface area contributed by atoms with Crippen LogP contribution < -0.4 is 9.47 Å². The molecule has 0 radical (unpaired) electrons. The molecular formula is C13H18O3. The molecule has 1 saturated heterocycles. The minimum Gasteiger partial charge on any atom is -0.496 e. The lowest BCUT2D eigenvalue weighted by Crippen LogP contribution is -2.10. The van der Waals surface area contributed by atoms with Crippen molar-refractivity contribution < 1.29 is 14.2 Å². The molecule has 1 unspecified atom stereocenters. The van der Waals surface area contributed by atoms with Crippen molar-refractivity contribution in [3.05, 3.63) is 23.3 Å². The van der Waals surface area contributed by atoms with Crippen molar-refractivity contribution in [1.82, 2.24) is 0 Å². The lowest BCUT2D eigenvalue weighted by molar-refractivity contribution is 0.317. The number of aryl methyl sites for hydroxylation is 1. The molecule has 1 heterocycles. The van der Waals surface area contributed by atoms with E-state index >= 15 is 0 Å². The van der Waals surface area contributed by atoms with E-state index in [-0.39, 0.29) is 5.60 Å². The third kappa shape index (κ3) is 2.14. The summed E-state index contributed by atoms with van der Waals surface area (Å²) < 4.78 is 16.1. The molecule has 1 fully saturated rings. The minimum absolute atomic E-state index is 0.00640. The monoisotopic (exact) mass is 222 g/mol. The van der Waals surface area contributed by atoms with Crippen LogP contribution in [-0.2, 0) is 11.2 Å². The van der Waals surface area contributed by atoms with Crippen molar-refractivity contribution in [2.75, 3.05) is 20.8 Å². The van der Waals surface area contributed by atoms with Gasteiger partial charge in [-0.3, -0.25) is 0 Å². The zero-order valence-electron chi connectivity index (χ0n) is 10.3. The van der Waals surface area contributed by atoms with Gasteiger partial charge in [0.15, 0.2) is 0 Å². The molecule has 1 aliphatic rings. The highest BCUT2D eigenvalue weighted by molar-refractivity contribution is 5.46. The van der Waals surface area contributed by atoms with Gasteiger partial charge in [-0.1, -0.05) is 0 Å². The lowest BCUT2D eigenvalue weighted by atomic mass is 9.99. The number of epoxide rings is 1. The number of hydrogen-bond acceptors (Lipinski definition) is 3. The molecule has 0 bridgehead atoms. The second kappa shape index (κ2) is 3.98. The van der Waals surface area contributed by atoms with E-state index < -0.39 is 0 Å². The first-order valence-electron chi connectivity index (χ1n) is 5.43. The van der Waals surface area contributed by atoms with E-state index in [1.807, 2.05) is 19.1 Å². The molecule has 2 rings (SSSR count). The lowest BCUT2D eigenvalue weighted by Gasteiger charge is -2.14. The Morgan fingerprint density at radius 2 is 1.88 bits per heavy atom. The molecule has 16 heavy (non-hydrogen) atoms. The van der Waals surface area contributed by atoms with E-state index in [0.29, 0.717) is 0 Å². The fourth-order valence-electron chi connectivity index (χ4n) is 1.88. The van der Waals surface area contributed by atoms with Gasteiger partial charge in [0.2, 0.25) is 0 Å². The maximum Gasteiger partial charge on any atom is 0.122 e. The average molecular weight is 222 g/mol. The van der Waals surface area contributed by atoms with Crippen LogP contribution in [0.2, 0.25) is 0 Å². The van der Waals surface area contributed by atoms with E-state index in [2.05, 4.69) is 6.92 Å². The van der Waals surface area contributed by atoms with Gasteiger partial charge in [-0.05, 0) is 31.5 Å². The fraction of sp³-hybridized carbons (Fsp3) is 0.538. The molecule has 1 aliphatic heterocycles. The quantitative estimate of drug-likeness (QED) is 0.733. The summed E-state index contributed by atoms with van der Waals surface area (Å²) in [6.07, 6.45) is 0.868. The Kier molecular flexibility index (Phi) is 2.80. The van der Waals surface area contributed by atoms with E-state index in [1.165, 1.54) is 0 Å². The Balaban J connectivity index is 2.33. The number of hydrogen-bond donors (Lipinski definition) is 0. The van der Waals surface area contributed by atoms with Gasteiger partial charge >= 0.3 is 0 Å². The first-order valence-corrected chi connectivity index (χ1v) is 5.43. The van der Waals surface area contributed by atoms with Gasteiger partial charge in [-0.2, -0.15) is 0 Å². The highest BCUT2D eigenvalue weighted by atomic mass is 16.6. The number of methoxy groups -OCH3 is 2. The smallest absolute Gasteiger partial charge is 0.122 e. The molecule has 3 nitrogen and oxygen atoms in total. The molecule has 1 aromatic rings. The summed E-state index contributed by atoms with van der Waals surface area (Å²) in [7, 11) is 3.38. The van der Waals surface area contributed by atoms with Crippen molar-refractivity contribution in [2.45, 2.75) is 25.9 Å². The van der Waals surface area contributed by atoms with Crippen LogP contribution in [0, 0.1) is 6.92 Å². The molecule has 1 atom stereocenters. The molecule has 0 aromatic heterocycles. The zero-order valence-corrected chi connectivity index (χ0v) is 10.3. The first kappa shape index (κ1) is 11.3. The van der Waals surface area contributed by atoms with Crippen molar-refractivity contribution in [3.63, 3.8) is 0 Å². The van der Waals surface area contributed by atoms with Gasteiger partial charge in [0.05, 0.1) is 26.4 Å². The summed E-state index contributed by atoms with van der Waals surface area (Å²) >= 11 is 0. The number of rotatable bonds is 4. The first-order chi connectivity index (χ1) is 7.58. The second-order valence-electron chi connectivity index (χ2n) is 4.55. The zero-order chi connectivity index (χ0) is 11.8. The maximum absolute atomic E-state index is 5.41. The average Bonchev–Trinajstić information content (AvgIpc) is 2.98. The Morgan fingerprint density at radius 3 is 2.38 bits per heavy atom. The second-order valence-corrected chi connectivity index (χ2v) is 4.55. The van der Waals surface area contributed by atoms with Crippen LogP contribution in [0.25, 0.3) is 0 Å². The summed E-state index contributed by atoms with van der Waals surface area (Å²) in [5, 5.41) is 0. The standard InChI is InChI=1S/C13H18O3/c1-9-5-12(15-4)10(6-11(9)14-3)7-13(2)8-16-13/h5-6H,7-8H2,1-4H3. The van der Waals surface area contributed by atoms with Crippen LogP contribution in [0.1, 0.15) is 18.1 Å². The number of benzene rings is 1. The maximum atomic E-state index is 5.41. The van der Waals surface area contributed by atoms with Gasteiger partial charge in [0.25, 0.3) is 0 Å². The highest BCUT2D eigenvalue weighted by Crippen LogP contribution is 2.36. The van der Waals surface area contributed by atoms with Crippen LogP contribution in [-0.4, -0.2) is 26.4 Å². The molecule has 3 heteroatoms. The Morgan fingerprint density at radius 1 is 1.25 bits per heavy atom.